The molecule has 0 fully saturated rings. The van der Waals surface area contributed by atoms with Gasteiger partial charge in [-0.1, -0.05) is 0 Å². The van der Waals surface area contributed by atoms with Crippen LogP contribution in [0, 0.1) is 0 Å². The van der Waals surface area contributed by atoms with E-state index in [2.05, 4.69) is 120 Å². The average Bonchev–Trinajstić information content (AvgIpc) is 3.31. The number of unbranched alkanes of at least 4 members (excludes halogenated alkanes) is 2. The molecule has 0 radical (unpaired) electrons. The molecule has 0 nitrogen and oxygen atoms in total. The normalized spacial score (nSPS) is 19.9. The SMILES string of the molecule is CCCCC[SiH]=[Hf]([CH3])([CH3])([CH]1C(C)=Cc2c1cccc2C(C)(C)C)[CH]1C(C)=Cc2c1cccc2C(C)(C)C. The summed E-state index contributed by atoms with van der Waals surface area (Å²) in [6.45, 7) is 21.6. The first-order valence-electron chi connectivity index (χ1n) is 14.8. The van der Waals surface area contributed by atoms with Gasteiger partial charge in [0.1, 0.15) is 0 Å². The van der Waals surface area contributed by atoms with Crippen molar-refractivity contribution in [2.24, 2.45) is 0 Å². The van der Waals surface area contributed by atoms with Gasteiger partial charge in [0, 0.05) is 0 Å². The summed E-state index contributed by atoms with van der Waals surface area (Å²) in [5.74, 6) is 0. The van der Waals surface area contributed by atoms with Crippen molar-refractivity contribution in [1.29, 1.82) is 0 Å². The van der Waals surface area contributed by atoms with Crippen molar-refractivity contribution in [3.8, 4) is 0 Å². The van der Waals surface area contributed by atoms with Gasteiger partial charge in [-0.3, -0.25) is 0 Å². The summed E-state index contributed by atoms with van der Waals surface area (Å²) in [5.41, 5.74) is 13.1. The van der Waals surface area contributed by atoms with E-state index < -0.39 is 17.1 Å². The standard InChI is InChI=1S/2C14H17.C5H12Si.2CH3.Hf/c2*1-10-8-11-6-5-7-13(12(11)9-10)14(2,3)4;1-2-3-4-5-6;;;/h2*5-9H,1-4H3;6H,2-5H2,1H3;2*1H3;. The molecule has 2 unspecified atom stereocenters. The van der Waals surface area contributed by atoms with Gasteiger partial charge in [-0.15, -0.1) is 0 Å². The van der Waals surface area contributed by atoms with Crippen LogP contribution in [0.25, 0.3) is 12.2 Å². The third-order valence-corrected chi connectivity index (χ3v) is 52.6. The molecular formula is C35H52HfSi. The van der Waals surface area contributed by atoms with Crippen LogP contribution >= 0.6 is 0 Å². The Kier molecular flexibility index (Phi) is 7.75. The van der Waals surface area contributed by atoms with Crippen LogP contribution in [0.2, 0.25) is 15.4 Å². The van der Waals surface area contributed by atoms with Crippen molar-refractivity contribution in [2.75, 3.05) is 0 Å². The minimum absolute atomic E-state index is 0.163. The quantitative estimate of drug-likeness (QED) is 0.211. The van der Waals surface area contributed by atoms with E-state index in [1.807, 2.05) is 0 Å². The van der Waals surface area contributed by atoms with E-state index in [0.717, 1.165) is 0 Å². The fourth-order valence-corrected chi connectivity index (χ4v) is 55.4. The second-order valence-electron chi connectivity index (χ2n) is 15.2. The first-order valence-corrected chi connectivity index (χ1v) is 33.7. The van der Waals surface area contributed by atoms with Gasteiger partial charge in [0.2, 0.25) is 0 Å². The molecule has 0 N–H and O–H groups in total. The summed E-state index contributed by atoms with van der Waals surface area (Å²) >= 11 is -3.67. The topological polar surface area (TPSA) is 0 Å². The Morgan fingerprint density at radius 3 is 1.51 bits per heavy atom. The van der Waals surface area contributed by atoms with Crippen molar-refractivity contribution in [2.45, 2.75) is 115 Å². The first-order chi connectivity index (χ1) is 17.1. The van der Waals surface area contributed by atoms with Gasteiger partial charge >= 0.3 is 232 Å². The molecule has 0 bridgehead atoms. The van der Waals surface area contributed by atoms with Gasteiger partial charge in [-0.2, -0.15) is 0 Å². The zero-order chi connectivity index (χ0) is 27.4. The average molecular weight is 679 g/mol. The minimum atomic E-state index is -3.67. The van der Waals surface area contributed by atoms with Gasteiger partial charge in [-0.05, 0) is 0 Å². The van der Waals surface area contributed by atoms with E-state index >= 15 is 0 Å². The van der Waals surface area contributed by atoms with Crippen LogP contribution < -0.4 is 0 Å². The molecule has 2 aliphatic rings. The van der Waals surface area contributed by atoms with Crippen molar-refractivity contribution in [3.05, 3.63) is 80.9 Å². The van der Waals surface area contributed by atoms with Gasteiger partial charge in [0.25, 0.3) is 0 Å². The fourth-order valence-electron chi connectivity index (χ4n) is 8.18. The number of allylic oxidation sites excluding steroid dienone is 2. The molecule has 2 aromatic carbocycles. The van der Waals surface area contributed by atoms with E-state index in [0.29, 0.717) is 13.6 Å². The molecule has 200 valence electrons. The summed E-state index contributed by atoms with van der Waals surface area (Å²) in [4.78, 5) is 0. The number of benzene rings is 2. The molecule has 4 rings (SSSR count). The first kappa shape index (κ1) is 29.0. The summed E-state index contributed by atoms with van der Waals surface area (Å²) < 4.78 is 7.12. The van der Waals surface area contributed by atoms with Crippen LogP contribution in [0.1, 0.15) is 122 Å². The molecule has 0 amide bonds. The Bertz CT molecular complexity index is 1240. The molecular weight excluding hydrogens is 627 g/mol. The second-order valence-corrected chi connectivity index (χ2v) is 59.3. The number of fused-ring (bicyclic) bond motifs is 2. The summed E-state index contributed by atoms with van der Waals surface area (Å²) in [7, 11) is 0. The molecule has 37 heavy (non-hydrogen) atoms. The van der Waals surface area contributed by atoms with Crippen molar-refractivity contribution < 1.29 is 17.1 Å². The molecule has 2 heteroatoms. The molecule has 2 aromatic rings. The number of hydrogen-bond donors (Lipinski definition) is 0. The fraction of sp³-hybridized carbons (Fsp3) is 0.543. The molecule has 0 aliphatic heterocycles. The van der Waals surface area contributed by atoms with Crippen molar-refractivity contribution in [3.63, 3.8) is 0 Å². The third kappa shape index (κ3) is 5.04. The summed E-state index contributed by atoms with van der Waals surface area (Å²) in [5, 5.41) is 0. The molecule has 0 spiro atoms. The van der Waals surface area contributed by atoms with E-state index in [1.165, 1.54) is 36.4 Å². The van der Waals surface area contributed by atoms with Gasteiger partial charge in [0.15, 0.2) is 0 Å². The van der Waals surface area contributed by atoms with Crippen molar-refractivity contribution in [1.82, 2.24) is 0 Å². The van der Waals surface area contributed by atoms with Crippen LogP contribution in [0.15, 0.2) is 47.5 Å². The Labute approximate surface area is 230 Å². The Balaban J connectivity index is 2.00. The van der Waals surface area contributed by atoms with Crippen molar-refractivity contribution >= 4 is 18.4 Å². The van der Waals surface area contributed by atoms with Gasteiger partial charge in [-0.25, -0.2) is 0 Å². The Morgan fingerprint density at radius 1 is 0.703 bits per heavy atom. The Hall–Kier alpha value is -0.993. The van der Waals surface area contributed by atoms with Crippen LogP contribution in [-0.4, -0.2) is 6.22 Å². The molecule has 2 atom stereocenters. The van der Waals surface area contributed by atoms with Crippen LogP contribution in [-0.2, 0) is 28.0 Å². The van der Waals surface area contributed by atoms with Crippen LogP contribution in [0.5, 0.6) is 0 Å². The van der Waals surface area contributed by atoms with Crippen LogP contribution in [0.3, 0.4) is 0 Å². The maximum absolute atomic E-state index is 3.67. The molecule has 0 aromatic heterocycles. The maximum atomic E-state index is 2.90. The zero-order valence-corrected chi connectivity index (χ0v) is 30.4. The monoisotopic (exact) mass is 680 g/mol. The summed E-state index contributed by atoms with van der Waals surface area (Å²) in [6, 6.07) is 16.0. The molecule has 0 heterocycles. The predicted octanol–water partition coefficient (Wildman–Crippen LogP) is 10.6. The van der Waals surface area contributed by atoms with E-state index in [9.17, 15) is 0 Å². The Morgan fingerprint density at radius 2 is 1.14 bits per heavy atom. The molecule has 0 saturated carbocycles. The predicted molar refractivity (Wildman–Crippen MR) is 166 cm³/mol. The van der Waals surface area contributed by atoms with Gasteiger partial charge in [0.05, 0.1) is 0 Å². The van der Waals surface area contributed by atoms with E-state index in [-0.39, 0.29) is 10.8 Å². The third-order valence-electron chi connectivity index (χ3n) is 9.59. The second kappa shape index (κ2) is 9.88. The molecule has 0 saturated heterocycles. The molecule has 2 aliphatic carbocycles. The number of rotatable bonds is 6. The van der Waals surface area contributed by atoms with Gasteiger partial charge < -0.3 is 0 Å². The van der Waals surface area contributed by atoms with E-state index in [4.69, 9.17) is 0 Å². The summed E-state index contributed by atoms with van der Waals surface area (Å²) in [6.07, 6.45) is 9.76. The number of hydrogen-bond acceptors (Lipinski definition) is 0. The van der Waals surface area contributed by atoms with Crippen LogP contribution in [0.4, 0.5) is 0 Å². The zero-order valence-electron chi connectivity index (χ0n) is 25.7. The van der Waals surface area contributed by atoms with E-state index in [1.54, 1.807) is 33.4 Å².